The minimum absolute atomic E-state index is 0.375. The average molecular weight is 274 g/mol. The summed E-state index contributed by atoms with van der Waals surface area (Å²) in [4.78, 5) is 2.61. The van der Waals surface area contributed by atoms with Crippen LogP contribution in [0.2, 0.25) is 0 Å². The number of phenols is 1. The van der Waals surface area contributed by atoms with Gasteiger partial charge < -0.3 is 10.4 Å². The Labute approximate surface area is 122 Å². The Kier molecular flexibility index (Phi) is 4.27. The van der Waals surface area contributed by atoms with E-state index < -0.39 is 0 Å². The van der Waals surface area contributed by atoms with Crippen LogP contribution in [0.3, 0.4) is 0 Å². The number of phenolic OH excluding ortho intramolecular Hbond substituents is 1. The first-order chi connectivity index (χ1) is 9.72. The minimum atomic E-state index is 0.375. The molecule has 1 aromatic rings. The molecule has 2 aliphatic rings. The molecule has 1 saturated carbocycles. The first kappa shape index (κ1) is 13.9. The molecule has 0 amide bonds. The third-order valence-electron chi connectivity index (χ3n) is 4.71. The number of nitrogens with zero attached hydrogens (tertiary/aromatic N) is 1. The minimum Gasteiger partial charge on any atom is -0.508 e. The molecule has 20 heavy (non-hydrogen) atoms. The predicted octanol–water partition coefficient (Wildman–Crippen LogP) is 2.92. The topological polar surface area (TPSA) is 35.5 Å². The van der Waals surface area contributed by atoms with Crippen molar-refractivity contribution in [2.45, 2.75) is 44.7 Å². The third kappa shape index (κ3) is 3.53. The molecular formula is C17H26N2O. The fraction of sp³-hybridized carbons (Fsp3) is 0.647. The second kappa shape index (κ2) is 6.15. The molecule has 1 heterocycles. The summed E-state index contributed by atoms with van der Waals surface area (Å²) in [5.74, 6) is 1.27. The highest BCUT2D eigenvalue weighted by Gasteiger charge is 2.29. The second-order valence-electron chi connectivity index (χ2n) is 6.46. The van der Waals surface area contributed by atoms with E-state index in [2.05, 4.69) is 23.2 Å². The molecule has 1 aliphatic carbocycles. The van der Waals surface area contributed by atoms with Crippen LogP contribution in [0.25, 0.3) is 0 Å². The molecule has 3 rings (SSSR count). The fourth-order valence-electron chi connectivity index (χ4n) is 3.21. The number of rotatable bonds is 6. The molecule has 2 N–H and O–H groups in total. The molecule has 0 radical (unpaired) electrons. The Balaban J connectivity index is 1.69. The van der Waals surface area contributed by atoms with Crippen LogP contribution in [-0.4, -0.2) is 35.7 Å². The lowest BCUT2D eigenvalue weighted by molar-refractivity contribution is 0.184. The maximum atomic E-state index is 9.69. The van der Waals surface area contributed by atoms with Gasteiger partial charge in [0.15, 0.2) is 0 Å². The summed E-state index contributed by atoms with van der Waals surface area (Å²) < 4.78 is 0. The summed E-state index contributed by atoms with van der Waals surface area (Å²) in [5, 5.41) is 13.3. The third-order valence-corrected chi connectivity index (χ3v) is 4.71. The second-order valence-corrected chi connectivity index (χ2v) is 6.46. The molecule has 1 aromatic carbocycles. The molecule has 110 valence electrons. The van der Waals surface area contributed by atoms with Gasteiger partial charge in [-0.15, -0.1) is 0 Å². The van der Waals surface area contributed by atoms with Crippen molar-refractivity contribution in [3.63, 3.8) is 0 Å². The summed E-state index contributed by atoms with van der Waals surface area (Å²) in [5.41, 5.74) is 1.23. The quantitative estimate of drug-likeness (QED) is 0.837. The molecule has 0 spiro atoms. The Hall–Kier alpha value is -1.06. The van der Waals surface area contributed by atoms with E-state index in [0.717, 1.165) is 12.5 Å². The lowest BCUT2D eigenvalue weighted by Gasteiger charge is -2.32. The smallest absolute Gasteiger partial charge is 0.115 e. The highest BCUT2D eigenvalue weighted by molar-refractivity contribution is 5.29. The van der Waals surface area contributed by atoms with Gasteiger partial charge in [-0.25, -0.2) is 0 Å². The summed E-state index contributed by atoms with van der Waals surface area (Å²) in [6.07, 6.45) is 5.39. The number of benzene rings is 1. The summed E-state index contributed by atoms with van der Waals surface area (Å²) >= 11 is 0. The van der Waals surface area contributed by atoms with Gasteiger partial charge in [-0.1, -0.05) is 12.1 Å². The van der Waals surface area contributed by atoms with Crippen LogP contribution in [0.4, 0.5) is 0 Å². The Morgan fingerprint density at radius 2 is 2.15 bits per heavy atom. The first-order valence-corrected chi connectivity index (χ1v) is 7.99. The number of aromatic hydroxyl groups is 1. The highest BCUT2D eigenvalue weighted by Crippen LogP contribution is 2.33. The molecule has 2 atom stereocenters. The predicted molar refractivity (Wildman–Crippen MR) is 81.8 cm³/mol. The zero-order valence-corrected chi connectivity index (χ0v) is 12.4. The standard InChI is InChI=1S/C17H26N2O/c1-13(15-4-2-6-17(20)10-15)19(11-14-7-8-14)12-16-5-3-9-18-16/h2,4,6,10,13-14,16,18,20H,3,5,7-9,11-12H2,1H3. The SMILES string of the molecule is CC(c1cccc(O)c1)N(CC1CC1)CC1CCCN1. The van der Waals surface area contributed by atoms with Crippen LogP contribution in [0.15, 0.2) is 24.3 Å². The van der Waals surface area contributed by atoms with Crippen LogP contribution in [0, 0.1) is 5.92 Å². The van der Waals surface area contributed by atoms with E-state index in [9.17, 15) is 5.11 Å². The van der Waals surface area contributed by atoms with Crippen molar-refractivity contribution in [1.82, 2.24) is 10.2 Å². The van der Waals surface area contributed by atoms with Crippen LogP contribution in [0.5, 0.6) is 5.75 Å². The molecule has 2 fully saturated rings. The number of nitrogens with one attached hydrogen (secondary N) is 1. The van der Waals surface area contributed by atoms with Gasteiger partial charge in [-0.2, -0.15) is 0 Å². The van der Waals surface area contributed by atoms with Crippen molar-refractivity contribution in [2.75, 3.05) is 19.6 Å². The van der Waals surface area contributed by atoms with Gasteiger partial charge >= 0.3 is 0 Å². The van der Waals surface area contributed by atoms with Gasteiger partial charge in [-0.05, 0) is 62.8 Å². The summed E-state index contributed by atoms with van der Waals surface area (Å²) in [7, 11) is 0. The fourth-order valence-corrected chi connectivity index (χ4v) is 3.21. The molecule has 1 aliphatic heterocycles. The number of hydrogen-bond acceptors (Lipinski definition) is 3. The van der Waals surface area contributed by atoms with E-state index in [1.807, 2.05) is 12.1 Å². The Morgan fingerprint density at radius 1 is 1.30 bits per heavy atom. The van der Waals surface area contributed by atoms with E-state index in [0.29, 0.717) is 17.8 Å². The van der Waals surface area contributed by atoms with Crippen LogP contribution in [0.1, 0.15) is 44.2 Å². The monoisotopic (exact) mass is 274 g/mol. The zero-order valence-electron chi connectivity index (χ0n) is 12.4. The van der Waals surface area contributed by atoms with Crippen LogP contribution >= 0.6 is 0 Å². The summed E-state index contributed by atoms with van der Waals surface area (Å²) in [6, 6.07) is 8.77. The maximum Gasteiger partial charge on any atom is 0.115 e. The largest absolute Gasteiger partial charge is 0.508 e. The van der Waals surface area contributed by atoms with Crippen molar-refractivity contribution < 1.29 is 5.11 Å². The van der Waals surface area contributed by atoms with Gasteiger partial charge in [-0.3, -0.25) is 4.90 Å². The van der Waals surface area contributed by atoms with Gasteiger partial charge in [0.1, 0.15) is 5.75 Å². The van der Waals surface area contributed by atoms with E-state index >= 15 is 0 Å². The van der Waals surface area contributed by atoms with Crippen molar-refractivity contribution in [2.24, 2.45) is 5.92 Å². The van der Waals surface area contributed by atoms with Gasteiger partial charge in [0, 0.05) is 25.2 Å². The molecule has 0 bridgehead atoms. The van der Waals surface area contributed by atoms with E-state index in [4.69, 9.17) is 0 Å². The highest BCUT2D eigenvalue weighted by atomic mass is 16.3. The zero-order chi connectivity index (χ0) is 13.9. The van der Waals surface area contributed by atoms with E-state index in [-0.39, 0.29) is 0 Å². The molecule has 2 unspecified atom stereocenters. The van der Waals surface area contributed by atoms with Crippen LogP contribution < -0.4 is 5.32 Å². The first-order valence-electron chi connectivity index (χ1n) is 7.99. The number of hydrogen-bond donors (Lipinski definition) is 2. The van der Waals surface area contributed by atoms with E-state index in [1.54, 1.807) is 6.07 Å². The molecule has 3 nitrogen and oxygen atoms in total. The molecule has 0 aromatic heterocycles. The van der Waals surface area contributed by atoms with Crippen molar-refractivity contribution in [1.29, 1.82) is 0 Å². The lowest BCUT2D eigenvalue weighted by atomic mass is 10.0. The average Bonchev–Trinajstić information content (AvgIpc) is 3.11. The normalized spacial score (nSPS) is 24.2. The Morgan fingerprint density at radius 3 is 2.80 bits per heavy atom. The van der Waals surface area contributed by atoms with Crippen molar-refractivity contribution in [3.8, 4) is 5.75 Å². The van der Waals surface area contributed by atoms with Gasteiger partial charge in [0.25, 0.3) is 0 Å². The van der Waals surface area contributed by atoms with E-state index in [1.165, 1.54) is 44.3 Å². The Bertz CT molecular complexity index is 438. The maximum absolute atomic E-state index is 9.69. The summed E-state index contributed by atoms with van der Waals surface area (Å²) in [6.45, 7) is 5.77. The molecule has 3 heteroatoms. The van der Waals surface area contributed by atoms with Gasteiger partial charge in [0.2, 0.25) is 0 Å². The molecular weight excluding hydrogens is 248 g/mol. The van der Waals surface area contributed by atoms with Crippen LogP contribution in [-0.2, 0) is 0 Å². The van der Waals surface area contributed by atoms with Crippen molar-refractivity contribution >= 4 is 0 Å². The molecule has 1 saturated heterocycles. The lowest BCUT2D eigenvalue weighted by Crippen LogP contribution is -2.40. The van der Waals surface area contributed by atoms with Gasteiger partial charge in [0.05, 0.1) is 0 Å². The van der Waals surface area contributed by atoms with Crippen molar-refractivity contribution in [3.05, 3.63) is 29.8 Å².